The van der Waals surface area contributed by atoms with Gasteiger partial charge in [0.2, 0.25) is 5.91 Å². The molecule has 0 atom stereocenters. The highest BCUT2D eigenvalue weighted by Crippen LogP contribution is 2.18. The van der Waals surface area contributed by atoms with E-state index in [1.807, 2.05) is 0 Å². The molecule has 0 aromatic heterocycles. The van der Waals surface area contributed by atoms with E-state index < -0.39 is 0 Å². The van der Waals surface area contributed by atoms with E-state index in [1.165, 1.54) is 12.1 Å². The average molecular weight is 283 g/mol. The molecule has 1 aromatic carbocycles. The number of carbonyl (C=O) groups is 1. The van der Waals surface area contributed by atoms with Crippen LogP contribution in [0, 0.1) is 5.82 Å². The van der Waals surface area contributed by atoms with E-state index in [1.54, 1.807) is 23.9 Å². The molecule has 0 saturated heterocycles. The number of nitrogens with one attached hydrogen (secondary N) is 1. The van der Waals surface area contributed by atoms with Crippen molar-refractivity contribution in [2.24, 2.45) is 0 Å². The number of unbranched alkanes of at least 4 members (excludes halogenated alkanes) is 2. The van der Waals surface area contributed by atoms with Gasteiger partial charge >= 0.3 is 0 Å². The molecule has 2 nitrogen and oxygen atoms in total. The lowest BCUT2D eigenvalue weighted by atomic mass is 10.2. The zero-order valence-corrected chi connectivity index (χ0v) is 12.3. The van der Waals surface area contributed by atoms with Crippen LogP contribution >= 0.6 is 11.8 Å². The van der Waals surface area contributed by atoms with E-state index >= 15 is 0 Å². The molecule has 0 aliphatic heterocycles. The fraction of sp³-hybridized carbons (Fsp3) is 0.533. The normalized spacial score (nSPS) is 10.4. The van der Waals surface area contributed by atoms with E-state index in [-0.39, 0.29) is 11.7 Å². The summed E-state index contributed by atoms with van der Waals surface area (Å²) in [7, 11) is 0. The summed E-state index contributed by atoms with van der Waals surface area (Å²) < 4.78 is 12.7. The van der Waals surface area contributed by atoms with Crippen molar-refractivity contribution in [3.63, 3.8) is 0 Å². The van der Waals surface area contributed by atoms with E-state index in [0.29, 0.717) is 6.42 Å². The number of benzene rings is 1. The minimum atomic E-state index is -0.205. The number of amides is 1. The third-order valence-corrected chi connectivity index (χ3v) is 3.83. The summed E-state index contributed by atoms with van der Waals surface area (Å²) in [4.78, 5) is 12.5. The summed E-state index contributed by atoms with van der Waals surface area (Å²) >= 11 is 1.68. The Morgan fingerprint density at radius 2 is 1.95 bits per heavy atom. The number of halogens is 1. The van der Waals surface area contributed by atoms with Crippen molar-refractivity contribution < 1.29 is 9.18 Å². The van der Waals surface area contributed by atoms with Crippen LogP contribution in [0.15, 0.2) is 29.2 Å². The average Bonchev–Trinajstić information content (AvgIpc) is 2.41. The summed E-state index contributed by atoms with van der Waals surface area (Å²) in [6.07, 6.45) is 4.81. The van der Waals surface area contributed by atoms with Gasteiger partial charge in [-0.15, -0.1) is 11.8 Å². The lowest BCUT2D eigenvalue weighted by Crippen LogP contribution is -2.24. The summed E-state index contributed by atoms with van der Waals surface area (Å²) in [5.41, 5.74) is 0. The molecule has 1 amide bonds. The Kier molecular flexibility index (Phi) is 8.30. The Hall–Kier alpha value is -1.03. The summed E-state index contributed by atoms with van der Waals surface area (Å²) in [5, 5.41) is 2.92. The van der Waals surface area contributed by atoms with Crippen molar-refractivity contribution in [1.29, 1.82) is 0 Å². The fourth-order valence-corrected chi connectivity index (χ4v) is 2.50. The minimum absolute atomic E-state index is 0.153. The molecule has 0 bridgehead atoms. The van der Waals surface area contributed by atoms with Gasteiger partial charge in [-0.05, 0) is 42.9 Å². The molecular formula is C15H22FNOS. The van der Waals surface area contributed by atoms with Gasteiger partial charge in [-0.3, -0.25) is 4.79 Å². The standard InChI is InChI=1S/C15H22FNOS/c1-2-3-4-6-15(18)17-11-5-12-19-14-9-7-13(16)8-10-14/h7-10H,2-6,11-12H2,1H3,(H,17,18). The molecule has 106 valence electrons. The van der Waals surface area contributed by atoms with Crippen LogP contribution in [0.4, 0.5) is 4.39 Å². The van der Waals surface area contributed by atoms with E-state index in [0.717, 1.165) is 42.9 Å². The van der Waals surface area contributed by atoms with Crippen LogP contribution in [-0.4, -0.2) is 18.2 Å². The molecule has 4 heteroatoms. The smallest absolute Gasteiger partial charge is 0.219 e. The van der Waals surface area contributed by atoms with Gasteiger partial charge in [0.1, 0.15) is 5.82 Å². The van der Waals surface area contributed by atoms with E-state index in [2.05, 4.69) is 12.2 Å². The fourth-order valence-electron chi connectivity index (χ4n) is 1.64. The first-order valence-corrected chi connectivity index (χ1v) is 7.86. The Labute approximate surface area is 119 Å². The Morgan fingerprint density at radius 3 is 2.63 bits per heavy atom. The van der Waals surface area contributed by atoms with Crippen LogP contribution in [0.2, 0.25) is 0 Å². The maximum absolute atomic E-state index is 12.7. The van der Waals surface area contributed by atoms with Gasteiger partial charge in [-0.1, -0.05) is 19.8 Å². The molecule has 0 fully saturated rings. The number of thioether (sulfide) groups is 1. The minimum Gasteiger partial charge on any atom is -0.356 e. The van der Waals surface area contributed by atoms with Crippen LogP contribution in [0.3, 0.4) is 0 Å². The Bertz CT molecular complexity index is 367. The van der Waals surface area contributed by atoms with Gasteiger partial charge in [0, 0.05) is 17.9 Å². The lowest BCUT2D eigenvalue weighted by molar-refractivity contribution is -0.121. The SMILES string of the molecule is CCCCCC(=O)NCCCSc1ccc(F)cc1. The monoisotopic (exact) mass is 283 g/mol. The van der Waals surface area contributed by atoms with Crippen LogP contribution in [0.5, 0.6) is 0 Å². The quantitative estimate of drug-likeness (QED) is 0.548. The second kappa shape index (κ2) is 9.84. The van der Waals surface area contributed by atoms with Crippen molar-refractivity contribution in [3.8, 4) is 0 Å². The molecule has 19 heavy (non-hydrogen) atoms. The summed E-state index contributed by atoms with van der Waals surface area (Å²) in [6, 6.07) is 6.50. The highest BCUT2D eigenvalue weighted by atomic mass is 32.2. The molecule has 1 N–H and O–H groups in total. The van der Waals surface area contributed by atoms with Gasteiger partial charge in [0.05, 0.1) is 0 Å². The molecule has 0 saturated carbocycles. The van der Waals surface area contributed by atoms with Crippen molar-refractivity contribution in [2.75, 3.05) is 12.3 Å². The molecule has 0 aliphatic rings. The topological polar surface area (TPSA) is 29.1 Å². The third-order valence-electron chi connectivity index (χ3n) is 2.73. The largest absolute Gasteiger partial charge is 0.356 e. The second-order valence-electron chi connectivity index (χ2n) is 4.46. The van der Waals surface area contributed by atoms with Crippen molar-refractivity contribution >= 4 is 17.7 Å². The number of carbonyl (C=O) groups excluding carboxylic acids is 1. The van der Waals surface area contributed by atoms with E-state index in [4.69, 9.17) is 0 Å². The second-order valence-corrected chi connectivity index (χ2v) is 5.63. The van der Waals surface area contributed by atoms with E-state index in [9.17, 15) is 9.18 Å². The van der Waals surface area contributed by atoms with Gasteiger partial charge in [0.15, 0.2) is 0 Å². The van der Waals surface area contributed by atoms with Crippen molar-refractivity contribution in [2.45, 2.75) is 43.9 Å². The molecular weight excluding hydrogens is 261 g/mol. The summed E-state index contributed by atoms with van der Waals surface area (Å²) in [6.45, 7) is 2.85. The van der Waals surface area contributed by atoms with Gasteiger partial charge in [0.25, 0.3) is 0 Å². The van der Waals surface area contributed by atoms with Crippen molar-refractivity contribution in [1.82, 2.24) is 5.32 Å². The van der Waals surface area contributed by atoms with Crippen LogP contribution in [0.25, 0.3) is 0 Å². The zero-order chi connectivity index (χ0) is 13.9. The molecule has 0 radical (unpaired) electrons. The van der Waals surface area contributed by atoms with Crippen LogP contribution < -0.4 is 5.32 Å². The van der Waals surface area contributed by atoms with Crippen molar-refractivity contribution in [3.05, 3.63) is 30.1 Å². The highest BCUT2D eigenvalue weighted by molar-refractivity contribution is 7.99. The Balaban J connectivity index is 2.01. The molecule has 1 rings (SSSR count). The molecule has 1 aromatic rings. The maximum Gasteiger partial charge on any atom is 0.219 e. The molecule has 0 aliphatic carbocycles. The molecule has 0 unspecified atom stereocenters. The molecule has 0 heterocycles. The first-order valence-electron chi connectivity index (χ1n) is 6.87. The predicted octanol–water partition coefficient (Wildman–Crippen LogP) is 4.00. The number of rotatable bonds is 9. The van der Waals surface area contributed by atoms with Gasteiger partial charge < -0.3 is 5.32 Å². The third kappa shape index (κ3) is 7.88. The number of hydrogen-bond donors (Lipinski definition) is 1. The lowest BCUT2D eigenvalue weighted by Gasteiger charge is -2.05. The summed E-state index contributed by atoms with van der Waals surface area (Å²) in [5.74, 6) is 0.879. The zero-order valence-electron chi connectivity index (χ0n) is 11.5. The number of hydrogen-bond acceptors (Lipinski definition) is 2. The van der Waals surface area contributed by atoms with Gasteiger partial charge in [-0.2, -0.15) is 0 Å². The van der Waals surface area contributed by atoms with Gasteiger partial charge in [-0.25, -0.2) is 4.39 Å². The van der Waals surface area contributed by atoms with Crippen LogP contribution in [0.1, 0.15) is 39.0 Å². The maximum atomic E-state index is 12.7. The predicted molar refractivity (Wildman–Crippen MR) is 78.9 cm³/mol. The first-order chi connectivity index (χ1) is 9.22. The Morgan fingerprint density at radius 1 is 1.21 bits per heavy atom. The highest BCUT2D eigenvalue weighted by Gasteiger charge is 2.00. The molecule has 0 spiro atoms. The first kappa shape index (κ1) is 16.0. The van der Waals surface area contributed by atoms with Crippen LogP contribution in [-0.2, 0) is 4.79 Å².